The summed E-state index contributed by atoms with van der Waals surface area (Å²) in [6.45, 7) is 5.00. The third kappa shape index (κ3) is 4.87. The number of halogens is 1. The molecule has 0 spiro atoms. The van der Waals surface area contributed by atoms with E-state index in [-0.39, 0.29) is 5.82 Å². The van der Waals surface area contributed by atoms with Gasteiger partial charge in [-0.15, -0.1) is 0 Å². The zero-order valence-corrected chi connectivity index (χ0v) is 14.9. The van der Waals surface area contributed by atoms with Gasteiger partial charge in [-0.3, -0.25) is 0 Å². The molecular weight excluding hydrogens is 317 g/mol. The summed E-state index contributed by atoms with van der Waals surface area (Å²) in [5.74, 6) is 1.33. The van der Waals surface area contributed by atoms with E-state index in [0.29, 0.717) is 35.0 Å². The van der Waals surface area contributed by atoms with Crippen LogP contribution in [-0.2, 0) is 0 Å². The molecule has 0 radical (unpaired) electrons. The van der Waals surface area contributed by atoms with E-state index in [1.54, 1.807) is 18.3 Å². The molecule has 2 aromatic rings. The Labute approximate surface area is 148 Å². The maximum atomic E-state index is 14.3. The molecule has 1 fully saturated rings. The lowest BCUT2D eigenvalue weighted by atomic mass is 9.95. The lowest BCUT2D eigenvalue weighted by Crippen LogP contribution is -2.22. The maximum absolute atomic E-state index is 14.3. The molecule has 1 aliphatic carbocycles. The topological polar surface area (TPSA) is 62.7 Å². The van der Waals surface area contributed by atoms with E-state index in [2.05, 4.69) is 39.4 Å². The number of nitrogens with zero attached hydrogens (tertiary/aromatic N) is 3. The molecular formula is C19H26FN5. The molecule has 0 amide bonds. The molecule has 0 aliphatic heterocycles. The van der Waals surface area contributed by atoms with Crippen molar-refractivity contribution in [2.24, 2.45) is 5.92 Å². The summed E-state index contributed by atoms with van der Waals surface area (Å²) in [7, 11) is 0. The van der Waals surface area contributed by atoms with Crippen LogP contribution in [0.15, 0.2) is 24.5 Å². The lowest BCUT2D eigenvalue weighted by Gasteiger charge is -2.23. The average molecular weight is 343 g/mol. The van der Waals surface area contributed by atoms with Crippen LogP contribution in [0.2, 0.25) is 0 Å². The predicted octanol–water partition coefficient (Wildman–Crippen LogP) is 4.49. The first-order chi connectivity index (χ1) is 12.1. The molecule has 0 unspecified atom stereocenters. The minimum atomic E-state index is -0.372. The van der Waals surface area contributed by atoms with Crippen molar-refractivity contribution in [3.8, 4) is 11.3 Å². The van der Waals surface area contributed by atoms with Gasteiger partial charge < -0.3 is 10.6 Å². The smallest absolute Gasteiger partial charge is 0.223 e. The lowest BCUT2D eigenvalue weighted by molar-refractivity contribution is 0.461. The van der Waals surface area contributed by atoms with Crippen molar-refractivity contribution in [1.82, 2.24) is 15.0 Å². The minimum absolute atomic E-state index is 0.372. The fourth-order valence-electron chi connectivity index (χ4n) is 3.06. The molecule has 0 saturated heterocycles. The highest BCUT2D eigenvalue weighted by Crippen LogP contribution is 2.26. The molecule has 1 aliphatic rings. The largest absolute Gasteiger partial charge is 0.367 e. The quantitative estimate of drug-likeness (QED) is 0.809. The van der Waals surface area contributed by atoms with Gasteiger partial charge in [-0.2, -0.15) is 0 Å². The van der Waals surface area contributed by atoms with Crippen LogP contribution in [0.1, 0.15) is 46.0 Å². The molecule has 2 N–H and O–H groups in total. The Morgan fingerprint density at radius 1 is 1.20 bits per heavy atom. The molecule has 2 aromatic heterocycles. The van der Waals surface area contributed by atoms with Crippen molar-refractivity contribution in [1.29, 1.82) is 0 Å². The number of pyridine rings is 1. The molecule has 0 atom stereocenters. The van der Waals surface area contributed by atoms with Crippen molar-refractivity contribution >= 4 is 11.8 Å². The summed E-state index contributed by atoms with van der Waals surface area (Å²) in [6, 6.07) is 3.90. The highest BCUT2D eigenvalue weighted by atomic mass is 19.1. The summed E-state index contributed by atoms with van der Waals surface area (Å²) in [4.78, 5) is 12.8. The van der Waals surface area contributed by atoms with Crippen molar-refractivity contribution in [3.63, 3.8) is 0 Å². The van der Waals surface area contributed by atoms with Crippen LogP contribution in [0, 0.1) is 11.7 Å². The van der Waals surface area contributed by atoms with Crippen LogP contribution in [0.3, 0.4) is 0 Å². The number of anilines is 2. The van der Waals surface area contributed by atoms with Gasteiger partial charge >= 0.3 is 0 Å². The molecule has 1 saturated carbocycles. The maximum Gasteiger partial charge on any atom is 0.223 e. The zero-order chi connectivity index (χ0) is 17.6. The number of hydrogen-bond acceptors (Lipinski definition) is 5. The second-order valence-electron chi connectivity index (χ2n) is 7.07. The Morgan fingerprint density at radius 2 is 2.00 bits per heavy atom. The summed E-state index contributed by atoms with van der Waals surface area (Å²) in [5, 5.41) is 6.61. The normalized spacial score (nSPS) is 15.4. The summed E-state index contributed by atoms with van der Waals surface area (Å²) in [5.41, 5.74) is 1.01. The van der Waals surface area contributed by atoms with Crippen molar-refractivity contribution < 1.29 is 4.39 Å². The number of rotatable bonds is 6. The Hall–Kier alpha value is -2.24. The van der Waals surface area contributed by atoms with Gasteiger partial charge in [-0.05, 0) is 30.9 Å². The molecule has 25 heavy (non-hydrogen) atoms. The van der Waals surface area contributed by atoms with E-state index in [4.69, 9.17) is 0 Å². The van der Waals surface area contributed by atoms with Gasteiger partial charge in [0.05, 0.1) is 11.9 Å². The van der Waals surface area contributed by atoms with Crippen LogP contribution in [0.5, 0.6) is 0 Å². The predicted molar refractivity (Wildman–Crippen MR) is 99.0 cm³/mol. The van der Waals surface area contributed by atoms with Gasteiger partial charge in [-0.1, -0.05) is 33.1 Å². The van der Waals surface area contributed by atoms with Crippen LogP contribution >= 0.6 is 0 Å². The molecule has 0 bridgehead atoms. The van der Waals surface area contributed by atoms with Crippen LogP contribution in [0.25, 0.3) is 11.3 Å². The SMILES string of the molecule is CC(C)CNc1nccc(-c2cc(NC3CCCCC3)ncc2F)n1. The molecule has 5 nitrogen and oxygen atoms in total. The van der Waals surface area contributed by atoms with Gasteiger partial charge in [-0.25, -0.2) is 19.3 Å². The number of nitrogens with one attached hydrogen (secondary N) is 2. The van der Waals surface area contributed by atoms with E-state index in [0.717, 1.165) is 19.4 Å². The Kier molecular flexibility index (Phi) is 5.79. The summed E-state index contributed by atoms with van der Waals surface area (Å²) in [6.07, 6.45) is 8.98. The van der Waals surface area contributed by atoms with E-state index in [1.165, 1.54) is 25.5 Å². The Bertz CT molecular complexity index is 698. The first kappa shape index (κ1) is 17.6. The fraction of sp³-hybridized carbons (Fsp3) is 0.526. The van der Waals surface area contributed by atoms with Gasteiger partial charge in [0, 0.05) is 24.3 Å². The number of aromatic nitrogens is 3. The molecule has 3 rings (SSSR count). The third-order valence-electron chi connectivity index (χ3n) is 4.41. The molecule has 0 aromatic carbocycles. The standard InChI is InChI=1S/C19H26FN5/c1-13(2)11-23-19-21-9-8-17(25-19)15-10-18(22-12-16(15)20)24-14-6-4-3-5-7-14/h8-10,12-14H,3-7,11H2,1-2H3,(H,22,24)(H,21,23,25). The van der Waals surface area contributed by atoms with Gasteiger partial charge in [0.15, 0.2) is 5.82 Å². The van der Waals surface area contributed by atoms with Gasteiger partial charge in [0.25, 0.3) is 0 Å². The van der Waals surface area contributed by atoms with Crippen molar-refractivity contribution in [2.45, 2.75) is 52.0 Å². The highest BCUT2D eigenvalue weighted by molar-refractivity contribution is 5.64. The first-order valence-electron chi connectivity index (χ1n) is 9.11. The average Bonchev–Trinajstić information content (AvgIpc) is 2.63. The first-order valence-corrected chi connectivity index (χ1v) is 9.11. The van der Waals surface area contributed by atoms with Crippen LogP contribution < -0.4 is 10.6 Å². The van der Waals surface area contributed by atoms with Gasteiger partial charge in [0.2, 0.25) is 5.95 Å². The van der Waals surface area contributed by atoms with E-state index in [9.17, 15) is 4.39 Å². The Morgan fingerprint density at radius 3 is 2.76 bits per heavy atom. The molecule has 2 heterocycles. The van der Waals surface area contributed by atoms with Crippen molar-refractivity contribution in [2.75, 3.05) is 17.2 Å². The summed E-state index contributed by atoms with van der Waals surface area (Å²) < 4.78 is 14.3. The molecule has 134 valence electrons. The van der Waals surface area contributed by atoms with Crippen LogP contribution in [0.4, 0.5) is 16.2 Å². The van der Waals surface area contributed by atoms with Crippen molar-refractivity contribution in [3.05, 3.63) is 30.3 Å². The second kappa shape index (κ2) is 8.23. The fourth-order valence-corrected chi connectivity index (χ4v) is 3.06. The minimum Gasteiger partial charge on any atom is -0.367 e. The molecule has 6 heteroatoms. The number of hydrogen-bond donors (Lipinski definition) is 2. The van der Waals surface area contributed by atoms with Crippen LogP contribution in [-0.4, -0.2) is 27.5 Å². The third-order valence-corrected chi connectivity index (χ3v) is 4.41. The summed E-state index contributed by atoms with van der Waals surface area (Å²) >= 11 is 0. The van der Waals surface area contributed by atoms with E-state index in [1.807, 2.05) is 0 Å². The van der Waals surface area contributed by atoms with E-state index >= 15 is 0 Å². The van der Waals surface area contributed by atoms with Gasteiger partial charge in [0.1, 0.15) is 5.82 Å². The second-order valence-corrected chi connectivity index (χ2v) is 7.07. The van der Waals surface area contributed by atoms with E-state index < -0.39 is 0 Å². The highest BCUT2D eigenvalue weighted by Gasteiger charge is 2.15. The Balaban J connectivity index is 1.78. The zero-order valence-electron chi connectivity index (χ0n) is 14.9. The monoisotopic (exact) mass is 343 g/mol.